The molecule has 0 heterocycles. The molecule has 2 rings (SSSR count). The second kappa shape index (κ2) is 13.2. The van der Waals surface area contributed by atoms with E-state index in [0.29, 0.717) is 12.6 Å². The van der Waals surface area contributed by atoms with Crippen molar-refractivity contribution in [3.63, 3.8) is 0 Å². The Labute approximate surface area is 193 Å². The Balaban J connectivity index is 2.17. The van der Waals surface area contributed by atoms with Crippen LogP contribution in [-0.4, -0.2) is 12.9 Å². The maximum Gasteiger partial charge on any atom is 0.0519 e. The number of nitrogens with two attached hydrogens (primary N) is 1. The fourth-order valence-electron chi connectivity index (χ4n) is 3.37. The van der Waals surface area contributed by atoms with Crippen molar-refractivity contribution in [2.24, 2.45) is 16.6 Å². The van der Waals surface area contributed by atoms with Crippen LogP contribution in [0.25, 0.3) is 17.2 Å². The van der Waals surface area contributed by atoms with Gasteiger partial charge >= 0.3 is 0 Å². The van der Waals surface area contributed by atoms with Gasteiger partial charge in [-0.05, 0) is 46.2 Å². The molecule has 0 radical (unpaired) electrons. The Bertz CT molecular complexity index is 988. The number of rotatable bonds is 11. The van der Waals surface area contributed by atoms with Crippen molar-refractivity contribution in [3.05, 3.63) is 114 Å². The molecular weight excluding hydrogens is 390 g/mol. The highest BCUT2D eigenvalue weighted by Crippen LogP contribution is 2.25. The highest BCUT2D eigenvalue weighted by molar-refractivity contribution is 6.08. The van der Waals surface area contributed by atoms with Crippen LogP contribution in [-0.2, 0) is 0 Å². The Morgan fingerprint density at radius 3 is 2.28 bits per heavy atom. The number of benzene rings is 2. The van der Waals surface area contributed by atoms with Crippen LogP contribution in [0.15, 0.2) is 97.2 Å². The summed E-state index contributed by atoms with van der Waals surface area (Å²) in [6.07, 6.45) is 13.6. The van der Waals surface area contributed by atoms with Gasteiger partial charge in [0.2, 0.25) is 0 Å². The third kappa shape index (κ3) is 7.45. The first-order chi connectivity index (χ1) is 15.5. The van der Waals surface area contributed by atoms with E-state index < -0.39 is 0 Å². The molecule has 0 aliphatic heterocycles. The predicted octanol–water partition coefficient (Wildman–Crippen LogP) is 6.79. The molecule has 3 nitrogen and oxygen atoms in total. The Kier molecular flexibility index (Phi) is 10.3. The van der Waals surface area contributed by atoms with Crippen LogP contribution >= 0.6 is 0 Å². The van der Waals surface area contributed by atoms with Gasteiger partial charge in [0, 0.05) is 19.1 Å². The molecule has 1 atom stereocenters. The highest BCUT2D eigenvalue weighted by Gasteiger charge is 2.09. The van der Waals surface area contributed by atoms with E-state index in [9.17, 15) is 0 Å². The zero-order valence-corrected chi connectivity index (χ0v) is 19.5. The van der Waals surface area contributed by atoms with Gasteiger partial charge < -0.3 is 5.73 Å². The van der Waals surface area contributed by atoms with E-state index >= 15 is 0 Å². The highest BCUT2D eigenvalue weighted by atomic mass is 15.0. The monoisotopic (exact) mass is 425 g/mol. The molecule has 0 fully saturated rings. The van der Waals surface area contributed by atoms with Crippen LogP contribution in [0.1, 0.15) is 49.1 Å². The number of allylic oxidation sites excluding steroid dienone is 5. The standard InChI is InChI=1S/C29H35N3/c1-6-8-28(22(3)4)26-14-16-27(17-15-26)29(32-21-30)18-11-24-9-12-25(13-10-24)23(5)20-31-19-7-2/h6-20,22,29,32H,1,5,21,30H2,2-4H3/b18-11+,19-7-,28-8+,31-20?. The molecule has 0 aromatic heterocycles. The number of aliphatic imine (C=N–C) groups is 1. The maximum absolute atomic E-state index is 5.80. The van der Waals surface area contributed by atoms with Gasteiger partial charge in [0.15, 0.2) is 0 Å². The minimum Gasteiger partial charge on any atom is -0.318 e. The van der Waals surface area contributed by atoms with Gasteiger partial charge in [-0.2, -0.15) is 0 Å². The summed E-state index contributed by atoms with van der Waals surface area (Å²) in [5.74, 6) is 0.435. The van der Waals surface area contributed by atoms with Crippen LogP contribution < -0.4 is 11.1 Å². The Morgan fingerprint density at radius 1 is 1.06 bits per heavy atom. The van der Waals surface area contributed by atoms with Crippen molar-refractivity contribution in [1.29, 1.82) is 0 Å². The summed E-state index contributed by atoms with van der Waals surface area (Å²) in [7, 11) is 0. The second-order valence-electron chi connectivity index (χ2n) is 7.79. The Morgan fingerprint density at radius 2 is 1.72 bits per heavy atom. The van der Waals surface area contributed by atoms with Crippen molar-refractivity contribution in [2.75, 3.05) is 6.67 Å². The summed E-state index contributed by atoms with van der Waals surface area (Å²) >= 11 is 0. The lowest BCUT2D eigenvalue weighted by Gasteiger charge is -2.16. The van der Waals surface area contributed by atoms with E-state index in [1.54, 1.807) is 12.4 Å². The molecule has 0 aliphatic rings. The first-order valence-corrected chi connectivity index (χ1v) is 11.0. The van der Waals surface area contributed by atoms with Gasteiger partial charge in [0.1, 0.15) is 0 Å². The van der Waals surface area contributed by atoms with Crippen molar-refractivity contribution in [3.8, 4) is 0 Å². The van der Waals surface area contributed by atoms with Crippen LogP contribution in [0, 0.1) is 5.92 Å². The molecule has 0 bridgehead atoms. The fraction of sp³-hybridized carbons (Fsp3) is 0.207. The number of hydrogen-bond acceptors (Lipinski definition) is 3. The first-order valence-electron chi connectivity index (χ1n) is 11.0. The lowest BCUT2D eigenvalue weighted by atomic mass is 9.93. The first kappa shape index (κ1) is 25.0. The second-order valence-corrected chi connectivity index (χ2v) is 7.79. The molecule has 2 aromatic rings. The average Bonchev–Trinajstić information content (AvgIpc) is 2.80. The van der Waals surface area contributed by atoms with E-state index in [-0.39, 0.29) is 6.04 Å². The van der Waals surface area contributed by atoms with E-state index in [0.717, 1.165) is 16.7 Å². The van der Waals surface area contributed by atoms with E-state index in [1.807, 2.05) is 19.1 Å². The smallest absolute Gasteiger partial charge is 0.0519 e. The largest absolute Gasteiger partial charge is 0.318 e. The SMILES string of the molecule is C=C/C=C(/c1ccc(C(/C=C/c2ccc(C(=C)C=N/C=C\C)cc2)NCN)cc1)C(C)C. The summed E-state index contributed by atoms with van der Waals surface area (Å²) < 4.78 is 0. The summed E-state index contributed by atoms with van der Waals surface area (Å²) in [4.78, 5) is 4.19. The quantitative estimate of drug-likeness (QED) is 0.236. The minimum atomic E-state index is 0.0301. The summed E-state index contributed by atoms with van der Waals surface area (Å²) in [5.41, 5.74) is 12.5. The van der Waals surface area contributed by atoms with Crippen LogP contribution in [0.3, 0.4) is 0 Å². The van der Waals surface area contributed by atoms with Crippen LogP contribution in [0.2, 0.25) is 0 Å². The molecule has 0 spiro atoms. The van der Waals surface area contributed by atoms with E-state index in [4.69, 9.17) is 5.73 Å². The molecular formula is C29H35N3. The minimum absolute atomic E-state index is 0.0301. The molecule has 1 unspecified atom stereocenters. The average molecular weight is 426 g/mol. The van der Waals surface area contributed by atoms with Gasteiger partial charge in [-0.15, -0.1) is 0 Å². The molecule has 0 aliphatic carbocycles. The zero-order chi connectivity index (χ0) is 23.3. The third-order valence-electron chi connectivity index (χ3n) is 5.09. The molecule has 0 saturated carbocycles. The molecule has 32 heavy (non-hydrogen) atoms. The van der Waals surface area contributed by atoms with Crippen molar-refractivity contribution >= 4 is 23.4 Å². The van der Waals surface area contributed by atoms with Gasteiger partial charge in [-0.3, -0.25) is 10.3 Å². The summed E-state index contributed by atoms with van der Waals surface area (Å²) in [6, 6.07) is 17.0. The molecule has 0 amide bonds. The van der Waals surface area contributed by atoms with Crippen LogP contribution in [0.4, 0.5) is 0 Å². The normalized spacial score (nSPS) is 13.5. The van der Waals surface area contributed by atoms with Gasteiger partial charge in [0.25, 0.3) is 0 Å². The summed E-state index contributed by atoms with van der Waals surface area (Å²) in [5, 5.41) is 3.35. The lowest BCUT2D eigenvalue weighted by molar-refractivity contribution is 0.637. The number of nitrogens with zero attached hydrogens (tertiary/aromatic N) is 1. The van der Waals surface area contributed by atoms with Gasteiger partial charge in [-0.1, -0.05) is 106 Å². The number of nitrogens with one attached hydrogen (secondary N) is 1. The van der Waals surface area contributed by atoms with Crippen molar-refractivity contribution in [2.45, 2.75) is 26.8 Å². The van der Waals surface area contributed by atoms with Gasteiger partial charge in [-0.25, -0.2) is 0 Å². The third-order valence-corrected chi connectivity index (χ3v) is 5.09. The molecule has 3 heteroatoms. The van der Waals surface area contributed by atoms with E-state index in [2.05, 4.69) is 104 Å². The maximum atomic E-state index is 5.80. The van der Waals surface area contributed by atoms with Gasteiger partial charge in [0.05, 0.1) is 6.04 Å². The Hall–Kier alpha value is -3.27. The molecule has 3 N–H and O–H groups in total. The molecule has 2 aromatic carbocycles. The zero-order valence-electron chi connectivity index (χ0n) is 19.5. The van der Waals surface area contributed by atoms with Crippen molar-refractivity contribution < 1.29 is 0 Å². The summed E-state index contributed by atoms with van der Waals surface area (Å²) in [6.45, 7) is 14.6. The predicted molar refractivity (Wildman–Crippen MR) is 142 cm³/mol. The van der Waals surface area contributed by atoms with Crippen LogP contribution in [0.5, 0.6) is 0 Å². The lowest BCUT2D eigenvalue weighted by Crippen LogP contribution is -2.26. The molecule has 166 valence electrons. The van der Waals surface area contributed by atoms with Crippen molar-refractivity contribution in [1.82, 2.24) is 5.32 Å². The van der Waals surface area contributed by atoms with E-state index in [1.165, 1.54) is 16.7 Å². The fourth-order valence-corrected chi connectivity index (χ4v) is 3.37. The topological polar surface area (TPSA) is 50.4 Å². The number of hydrogen-bond donors (Lipinski definition) is 2. The molecule has 0 saturated heterocycles.